The van der Waals surface area contributed by atoms with Crippen LogP contribution >= 0.6 is 11.6 Å². The highest BCUT2D eigenvalue weighted by atomic mass is 35.5. The lowest BCUT2D eigenvalue weighted by Gasteiger charge is -2.03. The van der Waals surface area contributed by atoms with Crippen LogP contribution in [0.1, 0.15) is 11.3 Å². The van der Waals surface area contributed by atoms with Crippen molar-refractivity contribution in [1.82, 2.24) is 19.6 Å². The van der Waals surface area contributed by atoms with Crippen molar-refractivity contribution in [1.29, 1.82) is 0 Å². The highest BCUT2D eigenvalue weighted by molar-refractivity contribution is 6.30. The molecule has 3 rings (SSSR count). The van der Waals surface area contributed by atoms with Gasteiger partial charge in [0, 0.05) is 11.2 Å². The number of nitrogens with zero attached hydrogens (tertiary/aromatic N) is 6. The van der Waals surface area contributed by atoms with Crippen LogP contribution in [-0.2, 0) is 17.9 Å². The fourth-order valence-corrected chi connectivity index (χ4v) is 2.77. The van der Waals surface area contributed by atoms with Gasteiger partial charge in [0.1, 0.15) is 12.2 Å². The van der Waals surface area contributed by atoms with Crippen molar-refractivity contribution in [3.8, 4) is 0 Å². The number of hydrogen-bond donors (Lipinski definition) is 1. The highest BCUT2D eigenvalue weighted by Gasteiger charge is 2.35. The third-order valence-corrected chi connectivity index (χ3v) is 4.23. The Bertz CT molecular complexity index is 1090. The first-order valence-corrected chi connectivity index (χ1v) is 8.55. The Morgan fingerprint density at radius 3 is 2.48 bits per heavy atom. The van der Waals surface area contributed by atoms with Gasteiger partial charge in [-0.25, -0.2) is 0 Å². The minimum atomic E-state index is -0.958. The molecule has 12 nitrogen and oxygen atoms in total. The number of benzene rings is 1. The number of carbonyl (C=O) groups is 1. The topological polar surface area (TPSA) is 151 Å². The molecule has 29 heavy (non-hydrogen) atoms. The van der Waals surface area contributed by atoms with Crippen LogP contribution < -0.4 is 5.32 Å². The molecule has 0 aliphatic rings. The maximum absolute atomic E-state index is 12.2. The summed E-state index contributed by atoms with van der Waals surface area (Å²) in [6.07, 6.45) is 3.04. The predicted molar refractivity (Wildman–Crippen MR) is 102 cm³/mol. The van der Waals surface area contributed by atoms with E-state index >= 15 is 0 Å². The molecular formula is C16H14ClN7O5. The number of aromatic nitrogens is 4. The monoisotopic (exact) mass is 419 g/mol. The molecular weight excluding hydrogens is 406 g/mol. The summed E-state index contributed by atoms with van der Waals surface area (Å²) in [6, 6.07) is 7.22. The number of carbonyl (C=O) groups excluding carboxylic acids is 1. The second-order valence-corrected chi connectivity index (χ2v) is 6.47. The van der Waals surface area contributed by atoms with E-state index in [0.29, 0.717) is 17.3 Å². The summed E-state index contributed by atoms with van der Waals surface area (Å²) in [7, 11) is 0. The smallest absolute Gasteiger partial charge is 0.358 e. The normalized spacial score (nSPS) is 10.7. The van der Waals surface area contributed by atoms with E-state index in [1.165, 1.54) is 13.1 Å². The van der Waals surface area contributed by atoms with Crippen molar-refractivity contribution >= 4 is 34.7 Å². The molecule has 0 aliphatic carbocycles. The summed E-state index contributed by atoms with van der Waals surface area (Å²) in [6.45, 7) is 1.32. The van der Waals surface area contributed by atoms with E-state index in [2.05, 4.69) is 15.5 Å². The van der Waals surface area contributed by atoms with Gasteiger partial charge < -0.3 is 15.4 Å². The molecule has 2 aromatic heterocycles. The van der Waals surface area contributed by atoms with Crippen molar-refractivity contribution in [3.63, 3.8) is 0 Å². The van der Waals surface area contributed by atoms with E-state index in [1.807, 2.05) is 12.1 Å². The zero-order valence-electron chi connectivity index (χ0n) is 15.0. The molecule has 0 radical (unpaired) electrons. The first-order chi connectivity index (χ1) is 13.7. The summed E-state index contributed by atoms with van der Waals surface area (Å²) in [5.74, 6) is -1.47. The largest absolute Gasteiger partial charge is 0.468 e. The van der Waals surface area contributed by atoms with Gasteiger partial charge in [-0.1, -0.05) is 23.7 Å². The van der Waals surface area contributed by atoms with Crippen molar-refractivity contribution in [3.05, 3.63) is 73.2 Å². The molecule has 150 valence electrons. The van der Waals surface area contributed by atoms with Crippen LogP contribution in [0.3, 0.4) is 0 Å². The van der Waals surface area contributed by atoms with Crippen molar-refractivity contribution in [2.24, 2.45) is 0 Å². The molecule has 0 atom stereocenters. The third-order valence-electron chi connectivity index (χ3n) is 3.98. The van der Waals surface area contributed by atoms with E-state index < -0.39 is 33.8 Å². The Hall–Kier alpha value is -3.80. The number of anilines is 1. The predicted octanol–water partition coefficient (Wildman–Crippen LogP) is 2.54. The first kappa shape index (κ1) is 19.9. The number of rotatable bonds is 7. The first-order valence-electron chi connectivity index (χ1n) is 8.17. The van der Waals surface area contributed by atoms with Crippen LogP contribution in [0.15, 0.2) is 36.7 Å². The molecule has 1 aromatic carbocycles. The molecule has 1 amide bonds. The van der Waals surface area contributed by atoms with Gasteiger partial charge in [-0.15, -0.1) is 0 Å². The maximum atomic E-state index is 12.2. The molecule has 0 saturated carbocycles. The lowest BCUT2D eigenvalue weighted by atomic mass is 10.2. The molecule has 0 bridgehead atoms. The molecule has 0 spiro atoms. The number of hydrogen-bond acceptors (Lipinski definition) is 7. The second kappa shape index (κ2) is 8.06. The van der Waals surface area contributed by atoms with Gasteiger partial charge in [0.15, 0.2) is 0 Å². The minimum Gasteiger partial charge on any atom is -0.358 e. The fraction of sp³-hybridized carbons (Fsp3) is 0.188. The Morgan fingerprint density at radius 2 is 1.90 bits per heavy atom. The Morgan fingerprint density at radius 1 is 1.21 bits per heavy atom. The SMILES string of the molecule is Cc1c([N+](=O)[O-])c([N+](=O)[O-])nn1CC(=O)Nc1cnn(Cc2ccc(Cl)cc2)c1. The average Bonchev–Trinajstić information content (AvgIpc) is 3.21. The van der Waals surface area contributed by atoms with Gasteiger partial charge in [0.05, 0.1) is 28.5 Å². The van der Waals surface area contributed by atoms with Gasteiger partial charge in [0.2, 0.25) is 5.91 Å². The summed E-state index contributed by atoms with van der Waals surface area (Å²) >= 11 is 5.85. The highest BCUT2D eigenvalue weighted by Crippen LogP contribution is 2.29. The van der Waals surface area contributed by atoms with Crippen LogP contribution in [0.5, 0.6) is 0 Å². The summed E-state index contributed by atoms with van der Waals surface area (Å²) in [5, 5.41) is 32.9. The van der Waals surface area contributed by atoms with Gasteiger partial charge in [-0.3, -0.25) is 19.6 Å². The molecule has 0 saturated heterocycles. The lowest BCUT2D eigenvalue weighted by molar-refractivity contribution is -0.424. The van der Waals surface area contributed by atoms with Crippen LogP contribution in [-0.4, -0.2) is 35.3 Å². The standard InChI is InChI=1S/C16H14ClN7O5/c1-10-15(23(26)27)16(24(28)29)20-22(10)9-14(25)19-13-6-18-21(8-13)7-11-2-4-12(17)5-3-11/h2-6,8H,7,9H2,1H3,(H,19,25). The Balaban J connectivity index is 1.68. The zero-order valence-corrected chi connectivity index (χ0v) is 15.7. The number of amides is 1. The van der Waals surface area contributed by atoms with Crippen molar-refractivity contribution in [2.75, 3.05) is 5.32 Å². The number of nitro groups is 2. The van der Waals surface area contributed by atoms with Crippen molar-refractivity contribution in [2.45, 2.75) is 20.0 Å². The van der Waals surface area contributed by atoms with Gasteiger partial charge in [0.25, 0.3) is 0 Å². The fourth-order valence-electron chi connectivity index (χ4n) is 2.64. The van der Waals surface area contributed by atoms with E-state index in [1.54, 1.807) is 23.0 Å². The minimum absolute atomic E-state index is 0.0877. The molecule has 1 N–H and O–H groups in total. The van der Waals surface area contributed by atoms with Crippen LogP contribution in [0, 0.1) is 27.2 Å². The molecule has 13 heteroatoms. The average molecular weight is 420 g/mol. The number of nitrogens with one attached hydrogen (secondary N) is 1. The quantitative estimate of drug-likeness (QED) is 0.456. The molecule has 2 heterocycles. The lowest BCUT2D eigenvalue weighted by Crippen LogP contribution is -2.20. The Kier molecular flexibility index (Phi) is 5.54. The van der Waals surface area contributed by atoms with Crippen LogP contribution in [0.2, 0.25) is 5.02 Å². The second-order valence-electron chi connectivity index (χ2n) is 6.03. The zero-order chi connectivity index (χ0) is 21.1. The maximum Gasteiger partial charge on any atom is 0.468 e. The molecule has 0 unspecified atom stereocenters. The van der Waals surface area contributed by atoms with Crippen molar-refractivity contribution < 1.29 is 14.6 Å². The van der Waals surface area contributed by atoms with Gasteiger partial charge >= 0.3 is 11.5 Å². The molecule has 0 fully saturated rings. The Labute approximate surface area is 168 Å². The summed E-state index contributed by atoms with van der Waals surface area (Å²) < 4.78 is 2.53. The third kappa shape index (κ3) is 4.55. The summed E-state index contributed by atoms with van der Waals surface area (Å²) in [5.41, 5.74) is 0.536. The molecule has 0 aliphatic heterocycles. The van der Waals surface area contributed by atoms with E-state index in [0.717, 1.165) is 10.2 Å². The van der Waals surface area contributed by atoms with E-state index in [-0.39, 0.29) is 5.69 Å². The van der Waals surface area contributed by atoms with Gasteiger partial charge in [-0.2, -0.15) is 9.78 Å². The molecule has 3 aromatic rings. The van der Waals surface area contributed by atoms with E-state index in [9.17, 15) is 25.0 Å². The van der Waals surface area contributed by atoms with Crippen LogP contribution in [0.25, 0.3) is 0 Å². The van der Waals surface area contributed by atoms with Gasteiger partial charge in [-0.05, 0) is 29.5 Å². The van der Waals surface area contributed by atoms with E-state index in [4.69, 9.17) is 11.6 Å². The summed E-state index contributed by atoms with van der Waals surface area (Å²) in [4.78, 5) is 32.4. The van der Waals surface area contributed by atoms with Crippen LogP contribution in [0.4, 0.5) is 17.2 Å². The number of halogens is 1.